The van der Waals surface area contributed by atoms with Gasteiger partial charge in [0.05, 0.1) is 42.9 Å². The summed E-state index contributed by atoms with van der Waals surface area (Å²) in [5.41, 5.74) is 2.89. The first-order valence-corrected chi connectivity index (χ1v) is 11.5. The molecule has 0 saturated carbocycles. The van der Waals surface area contributed by atoms with Gasteiger partial charge in [0.15, 0.2) is 0 Å². The van der Waals surface area contributed by atoms with Gasteiger partial charge in [-0.05, 0) is 37.1 Å². The van der Waals surface area contributed by atoms with E-state index in [2.05, 4.69) is 50.4 Å². The van der Waals surface area contributed by atoms with Crippen molar-refractivity contribution in [2.75, 3.05) is 32.1 Å². The standard InChI is InChI=1S/C24H28N6O3/c1-32-18-4-5-20-19(13-18)27-24(21-3-2-9-30(20)21)14-23(33-15-24)7-11-28(12-8-23)22(31)6-10-29-17-25-16-26-29/h2-5,9,13,16-17,27H,6-8,10-12,14-15H2,1H3. The number of aromatic nitrogens is 4. The molecule has 5 heterocycles. The number of carbonyl (C=O) groups is 1. The normalized spacial score (nSPS) is 22.8. The van der Waals surface area contributed by atoms with Crippen LogP contribution in [0.4, 0.5) is 5.69 Å². The van der Waals surface area contributed by atoms with E-state index in [9.17, 15) is 4.79 Å². The zero-order chi connectivity index (χ0) is 22.5. The van der Waals surface area contributed by atoms with Gasteiger partial charge < -0.3 is 24.3 Å². The van der Waals surface area contributed by atoms with Crippen molar-refractivity contribution >= 4 is 11.6 Å². The second-order valence-electron chi connectivity index (χ2n) is 9.29. The molecule has 0 radical (unpaired) electrons. The van der Waals surface area contributed by atoms with Crippen LogP contribution in [0.15, 0.2) is 49.2 Å². The fraction of sp³-hybridized carbons (Fsp3) is 0.458. The smallest absolute Gasteiger partial charge is 0.224 e. The van der Waals surface area contributed by atoms with Crippen molar-refractivity contribution in [2.24, 2.45) is 0 Å². The molecule has 6 rings (SSSR count). The van der Waals surface area contributed by atoms with Crippen LogP contribution in [0.2, 0.25) is 0 Å². The summed E-state index contributed by atoms with van der Waals surface area (Å²) < 4.78 is 16.0. The number of amides is 1. The molecule has 3 aromatic rings. The molecule has 172 valence electrons. The van der Waals surface area contributed by atoms with Gasteiger partial charge in [-0.25, -0.2) is 4.98 Å². The lowest BCUT2D eigenvalue weighted by Gasteiger charge is -2.41. The average molecular weight is 449 g/mol. The summed E-state index contributed by atoms with van der Waals surface area (Å²) in [5.74, 6) is 0.997. The Labute approximate surface area is 192 Å². The minimum Gasteiger partial charge on any atom is -0.497 e. The molecule has 9 heteroatoms. The number of carbonyl (C=O) groups excluding carboxylic acids is 1. The minimum absolute atomic E-state index is 0.166. The van der Waals surface area contributed by atoms with Crippen LogP contribution in [-0.4, -0.2) is 62.5 Å². The van der Waals surface area contributed by atoms with E-state index in [0.717, 1.165) is 49.5 Å². The number of nitrogens with one attached hydrogen (secondary N) is 1. The van der Waals surface area contributed by atoms with E-state index >= 15 is 0 Å². The summed E-state index contributed by atoms with van der Waals surface area (Å²) in [7, 11) is 1.69. The molecule has 2 fully saturated rings. The predicted molar refractivity (Wildman–Crippen MR) is 121 cm³/mol. The third-order valence-corrected chi connectivity index (χ3v) is 7.37. The van der Waals surface area contributed by atoms with Gasteiger partial charge in [0.2, 0.25) is 5.91 Å². The van der Waals surface area contributed by atoms with Crippen LogP contribution in [0.1, 0.15) is 31.4 Å². The largest absolute Gasteiger partial charge is 0.497 e. The zero-order valence-corrected chi connectivity index (χ0v) is 18.7. The zero-order valence-electron chi connectivity index (χ0n) is 18.7. The molecular formula is C24H28N6O3. The van der Waals surface area contributed by atoms with Gasteiger partial charge in [-0.3, -0.25) is 9.48 Å². The fourth-order valence-corrected chi connectivity index (χ4v) is 5.63. The first-order chi connectivity index (χ1) is 16.1. The van der Waals surface area contributed by atoms with Crippen molar-refractivity contribution in [1.82, 2.24) is 24.2 Å². The van der Waals surface area contributed by atoms with Crippen LogP contribution in [0, 0.1) is 0 Å². The number of ether oxygens (including phenoxy) is 2. The summed E-state index contributed by atoms with van der Waals surface area (Å²) in [6.45, 7) is 2.60. The van der Waals surface area contributed by atoms with Crippen molar-refractivity contribution in [3.8, 4) is 11.4 Å². The lowest BCUT2D eigenvalue weighted by atomic mass is 9.79. The summed E-state index contributed by atoms with van der Waals surface area (Å²) in [4.78, 5) is 18.6. The molecule has 3 aliphatic rings. The van der Waals surface area contributed by atoms with Gasteiger partial charge >= 0.3 is 0 Å². The lowest BCUT2D eigenvalue weighted by molar-refractivity contribution is -0.136. The number of methoxy groups -OCH3 is 1. The molecule has 33 heavy (non-hydrogen) atoms. The Morgan fingerprint density at radius 2 is 2.15 bits per heavy atom. The second-order valence-corrected chi connectivity index (χ2v) is 9.29. The molecular weight excluding hydrogens is 420 g/mol. The Kier molecular flexibility index (Phi) is 4.69. The molecule has 9 nitrogen and oxygen atoms in total. The number of hydrogen-bond donors (Lipinski definition) is 1. The molecule has 2 aromatic heterocycles. The minimum atomic E-state index is -0.290. The van der Waals surface area contributed by atoms with E-state index in [4.69, 9.17) is 9.47 Å². The topological polar surface area (TPSA) is 86.4 Å². The van der Waals surface area contributed by atoms with Gasteiger partial charge in [0.25, 0.3) is 0 Å². The highest BCUT2D eigenvalue weighted by Gasteiger charge is 2.54. The average Bonchev–Trinajstić information content (AvgIpc) is 3.60. The van der Waals surface area contributed by atoms with E-state index in [1.165, 1.54) is 12.0 Å². The van der Waals surface area contributed by atoms with Crippen LogP contribution in [0.5, 0.6) is 5.75 Å². The summed E-state index contributed by atoms with van der Waals surface area (Å²) in [5, 5.41) is 7.89. The Bertz CT molecular complexity index is 1160. The maximum Gasteiger partial charge on any atom is 0.224 e. The van der Waals surface area contributed by atoms with Gasteiger partial charge in [-0.1, -0.05) is 0 Å². The number of benzene rings is 1. The molecule has 1 amide bonds. The predicted octanol–water partition coefficient (Wildman–Crippen LogP) is 2.57. The number of fused-ring (bicyclic) bond motifs is 4. The molecule has 1 N–H and O–H groups in total. The van der Waals surface area contributed by atoms with Crippen molar-refractivity contribution in [3.63, 3.8) is 0 Å². The van der Waals surface area contributed by atoms with Crippen molar-refractivity contribution in [1.29, 1.82) is 0 Å². The number of anilines is 1. The summed E-state index contributed by atoms with van der Waals surface area (Å²) in [6, 6.07) is 10.4. The quantitative estimate of drug-likeness (QED) is 0.660. The van der Waals surface area contributed by atoms with Gasteiger partial charge in [0.1, 0.15) is 23.9 Å². The van der Waals surface area contributed by atoms with Crippen LogP contribution >= 0.6 is 0 Å². The van der Waals surface area contributed by atoms with E-state index < -0.39 is 0 Å². The Hall–Kier alpha value is -3.33. The van der Waals surface area contributed by atoms with Gasteiger partial charge in [0, 0.05) is 38.2 Å². The SMILES string of the molecule is COc1ccc2c(c1)NC1(COC3(CCN(C(=O)CCn4cncn4)CC3)C1)c1cccn1-2. The maximum atomic E-state index is 12.7. The number of piperidine rings is 1. The number of likely N-dealkylation sites (tertiary alicyclic amines) is 1. The monoisotopic (exact) mass is 448 g/mol. The fourth-order valence-electron chi connectivity index (χ4n) is 5.63. The molecule has 2 spiro atoms. The first-order valence-electron chi connectivity index (χ1n) is 11.5. The van der Waals surface area contributed by atoms with E-state index in [1.807, 2.05) is 11.0 Å². The molecule has 0 bridgehead atoms. The van der Waals surface area contributed by atoms with E-state index in [-0.39, 0.29) is 17.0 Å². The Balaban J connectivity index is 1.17. The molecule has 1 atom stereocenters. The van der Waals surface area contributed by atoms with Crippen LogP contribution in [-0.2, 0) is 21.6 Å². The highest BCUT2D eigenvalue weighted by atomic mass is 16.5. The molecule has 0 aliphatic carbocycles. The van der Waals surface area contributed by atoms with Gasteiger partial charge in [-0.2, -0.15) is 5.10 Å². The number of hydrogen-bond acceptors (Lipinski definition) is 6. The third kappa shape index (κ3) is 3.38. The van der Waals surface area contributed by atoms with Crippen molar-refractivity contribution < 1.29 is 14.3 Å². The maximum absolute atomic E-state index is 12.7. The Morgan fingerprint density at radius 3 is 2.94 bits per heavy atom. The highest BCUT2D eigenvalue weighted by Crippen LogP contribution is 2.50. The van der Waals surface area contributed by atoms with E-state index in [1.54, 1.807) is 18.1 Å². The third-order valence-electron chi connectivity index (χ3n) is 7.37. The number of nitrogens with zero attached hydrogens (tertiary/aromatic N) is 5. The van der Waals surface area contributed by atoms with E-state index in [0.29, 0.717) is 19.6 Å². The Morgan fingerprint density at radius 1 is 1.27 bits per heavy atom. The summed E-state index contributed by atoms with van der Waals surface area (Å²) in [6.07, 6.45) is 8.26. The van der Waals surface area contributed by atoms with Crippen LogP contribution in [0.3, 0.4) is 0 Å². The second kappa shape index (κ2) is 7.62. The van der Waals surface area contributed by atoms with Crippen LogP contribution < -0.4 is 10.1 Å². The lowest BCUT2D eigenvalue weighted by Crippen LogP contribution is -2.48. The number of aryl methyl sites for hydroxylation is 1. The molecule has 1 unspecified atom stereocenters. The molecule has 3 aliphatic heterocycles. The first kappa shape index (κ1) is 20.3. The van der Waals surface area contributed by atoms with Crippen molar-refractivity contribution in [3.05, 3.63) is 54.9 Å². The van der Waals surface area contributed by atoms with Crippen molar-refractivity contribution in [2.45, 2.75) is 43.4 Å². The highest BCUT2D eigenvalue weighted by molar-refractivity contribution is 5.76. The van der Waals surface area contributed by atoms with Crippen LogP contribution in [0.25, 0.3) is 5.69 Å². The molecule has 2 saturated heterocycles. The number of rotatable bonds is 4. The van der Waals surface area contributed by atoms with Gasteiger partial charge in [-0.15, -0.1) is 0 Å². The molecule has 1 aromatic carbocycles. The summed E-state index contributed by atoms with van der Waals surface area (Å²) >= 11 is 0.